The monoisotopic (exact) mass is 228 g/mol. The van der Waals surface area contributed by atoms with E-state index in [0.29, 0.717) is 5.92 Å². The van der Waals surface area contributed by atoms with Gasteiger partial charge in [0.25, 0.3) is 0 Å². The summed E-state index contributed by atoms with van der Waals surface area (Å²) in [5, 5.41) is 3.26. The van der Waals surface area contributed by atoms with Gasteiger partial charge in [-0.3, -0.25) is 4.90 Å². The highest BCUT2D eigenvalue weighted by Crippen LogP contribution is 2.20. The number of ether oxygens (including phenoxy) is 1. The van der Waals surface area contributed by atoms with Crippen molar-refractivity contribution in [3.8, 4) is 0 Å². The zero-order valence-electron chi connectivity index (χ0n) is 11.2. The third-order valence-corrected chi connectivity index (χ3v) is 3.47. The molecule has 0 aromatic rings. The number of hydrogen-bond acceptors (Lipinski definition) is 3. The maximum absolute atomic E-state index is 5.22. The molecule has 0 saturated carbocycles. The normalized spacial score (nSPS) is 24.6. The maximum Gasteiger partial charge on any atom is 0.0500 e. The molecule has 1 fully saturated rings. The molecule has 16 heavy (non-hydrogen) atoms. The minimum Gasteiger partial charge on any atom is -0.384 e. The van der Waals surface area contributed by atoms with Crippen molar-refractivity contribution in [2.24, 2.45) is 5.92 Å². The summed E-state index contributed by atoms with van der Waals surface area (Å²) >= 11 is 0. The van der Waals surface area contributed by atoms with Crippen LogP contribution in [0.2, 0.25) is 0 Å². The zero-order valence-corrected chi connectivity index (χ0v) is 11.2. The summed E-state index contributed by atoms with van der Waals surface area (Å²) in [6, 6.07) is 0.792. The molecule has 1 N–H and O–H groups in total. The van der Waals surface area contributed by atoms with Gasteiger partial charge in [-0.1, -0.05) is 13.3 Å². The molecule has 1 heterocycles. The molecule has 0 aromatic carbocycles. The molecule has 1 aliphatic rings. The van der Waals surface area contributed by atoms with Crippen LogP contribution in [0.3, 0.4) is 0 Å². The van der Waals surface area contributed by atoms with E-state index in [0.717, 1.165) is 19.2 Å². The van der Waals surface area contributed by atoms with Crippen molar-refractivity contribution < 1.29 is 4.74 Å². The quantitative estimate of drug-likeness (QED) is 0.718. The summed E-state index contributed by atoms with van der Waals surface area (Å²) in [4.78, 5) is 2.67. The molecule has 0 aliphatic carbocycles. The fourth-order valence-corrected chi connectivity index (χ4v) is 2.68. The van der Waals surface area contributed by atoms with Gasteiger partial charge in [0, 0.05) is 26.3 Å². The van der Waals surface area contributed by atoms with Gasteiger partial charge in [0.1, 0.15) is 0 Å². The first-order valence-electron chi connectivity index (χ1n) is 6.65. The van der Waals surface area contributed by atoms with E-state index in [1.54, 1.807) is 7.11 Å². The second-order valence-corrected chi connectivity index (χ2v) is 5.10. The van der Waals surface area contributed by atoms with Crippen molar-refractivity contribution in [2.75, 3.05) is 40.4 Å². The molecule has 1 saturated heterocycles. The van der Waals surface area contributed by atoms with E-state index in [4.69, 9.17) is 4.74 Å². The Bertz CT molecular complexity index is 175. The fourth-order valence-electron chi connectivity index (χ4n) is 2.68. The van der Waals surface area contributed by atoms with Crippen LogP contribution >= 0.6 is 0 Å². The van der Waals surface area contributed by atoms with E-state index in [9.17, 15) is 0 Å². The summed E-state index contributed by atoms with van der Waals surface area (Å²) in [7, 11) is 3.84. The number of nitrogens with one attached hydrogen (secondary N) is 1. The van der Waals surface area contributed by atoms with Crippen LogP contribution in [0, 0.1) is 5.92 Å². The predicted molar refractivity (Wildman–Crippen MR) is 68.8 cm³/mol. The average molecular weight is 228 g/mol. The molecule has 3 heteroatoms. The Labute approximate surface area is 101 Å². The van der Waals surface area contributed by atoms with Gasteiger partial charge >= 0.3 is 0 Å². The van der Waals surface area contributed by atoms with Crippen LogP contribution in [0.1, 0.15) is 32.6 Å². The van der Waals surface area contributed by atoms with Crippen molar-refractivity contribution in [1.82, 2.24) is 10.2 Å². The minimum absolute atomic E-state index is 0.653. The molecule has 1 aliphatic heterocycles. The molecule has 0 bridgehead atoms. The Morgan fingerprint density at radius 1 is 1.44 bits per heavy atom. The summed E-state index contributed by atoms with van der Waals surface area (Å²) in [5.41, 5.74) is 0. The van der Waals surface area contributed by atoms with Gasteiger partial charge in [-0.15, -0.1) is 0 Å². The molecule has 1 rings (SSSR count). The molecule has 3 nitrogen and oxygen atoms in total. The van der Waals surface area contributed by atoms with Crippen LogP contribution < -0.4 is 5.32 Å². The highest BCUT2D eigenvalue weighted by Gasteiger charge is 2.22. The Morgan fingerprint density at radius 2 is 2.25 bits per heavy atom. The number of hydrogen-bond donors (Lipinski definition) is 1. The van der Waals surface area contributed by atoms with E-state index >= 15 is 0 Å². The van der Waals surface area contributed by atoms with Crippen LogP contribution in [0.4, 0.5) is 0 Å². The van der Waals surface area contributed by atoms with Gasteiger partial charge < -0.3 is 10.1 Å². The Balaban J connectivity index is 2.33. The first-order valence-corrected chi connectivity index (χ1v) is 6.65. The van der Waals surface area contributed by atoms with Crippen molar-refractivity contribution in [1.29, 1.82) is 0 Å². The SMILES string of the molecule is CNCCC1CCCCN1CC(C)COC. The molecule has 0 amide bonds. The van der Waals surface area contributed by atoms with Crippen molar-refractivity contribution in [2.45, 2.75) is 38.6 Å². The van der Waals surface area contributed by atoms with Gasteiger partial charge in [-0.25, -0.2) is 0 Å². The third-order valence-electron chi connectivity index (χ3n) is 3.47. The molecule has 2 atom stereocenters. The third kappa shape index (κ3) is 4.81. The van der Waals surface area contributed by atoms with E-state index < -0.39 is 0 Å². The second kappa shape index (κ2) is 8.04. The van der Waals surface area contributed by atoms with Gasteiger partial charge in [-0.2, -0.15) is 0 Å². The molecule has 96 valence electrons. The largest absolute Gasteiger partial charge is 0.384 e. The van der Waals surface area contributed by atoms with Gasteiger partial charge in [0.2, 0.25) is 0 Å². The van der Waals surface area contributed by atoms with Crippen LogP contribution in [-0.2, 0) is 4.74 Å². The summed E-state index contributed by atoms with van der Waals surface area (Å²) < 4.78 is 5.22. The Kier molecular flexibility index (Phi) is 7.01. The Hall–Kier alpha value is -0.120. The molecule has 2 unspecified atom stereocenters. The van der Waals surface area contributed by atoms with E-state index in [-0.39, 0.29) is 0 Å². The lowest BCUT2D eigenvalue weighted by atomic mass is 9.98. The minimum atomic E-state index is 0.653. The smallest absolute Gasteiger partial charge is 0.0500 e. The zero-order chi connectivity index (χ0) is 11.8. The van der Waals surface area contributed by atoms with Crippen LogP contribution in [0.25, 0.3) is 0 Å². The first-order chi connectivity index (χ1) is 7.77. The predicted octanol–water partition coefficient (Wildman–Crippen LogP) is 1.73. The lowest BCUT2D eigenvalue weighted by Crippen LogP contribution is -2.43. The number of piperidine rings is 1. The standard InChI is InChI=1S/C13H28N2O/c1-12(11-16-3)10-15-9-5-4-6-13(15)7-8-14-2/h12-14H,4-11H2,1-3H3. The summed E-state index contributed by atoms with van der Waals surface area (Å²) in [5.74, 6) is 0.653. The molecule has 0 spiro atoms. The number of rotatable bonds is 7. The van der Waals surface area contributed by atoms with Crippen molar-refractivity contribution in [3.05, 3.63) is 0 Å². The van der Waals surface area contributed by atoms with Crippen LogP contribution in [0.5, 0.6) is 0 Å². The molecular weight excluding hydrogens is 200 g/mol. The Morgan fingerprint density at radius 3 is 2.94 bits per heavy atom. The van der Waals surface area contributed by atoms with Crippen LogP contribution in [-0.4, -0.2) is 51.3 Å². The first kappa shape index (κ1) is 13.9. The van der Waals surface area contributed by atoms with E-state index in [1.165, 1.54) is 38.8 Å². The van der Waals surface area contributed by atoms with E-state index in [2.05, 4.69) is 17.1 Å². The van der Waals surface area contributed by atoms with Crippen molar-refractivity contribution >= 4 is 0 Å². The number of likely N-dealkylation sites (tertiary alicyclic amines) is 1. The molecule has 0 aromatic heterocycles. The molecular formula is C13H28N2O. The highest BCUT2D eigenvalue weighted by molar-refractivity contribution is 4.78. The maximum atomic E-state index is 5.22. The number of nitrogens with zero attached hydrogens (tertiary/aromatic N) is 1. The highest BCUT2D eigenvalue weighted by atomic mass is 16.5. The van der Waals surface area contributed by atoms with Crippen molar-refractivity contribution in [3.63, 3.8) is 0 Å². The second-order valence-electron chi connectivity index (χ2n) is 5.10. The summed E-state index contributed by atoms with van der Waals surface area (Å²) in [6.45, 7) is 6.78. The lowest BCUT2D eigenvalue weighted by Gasteiger charge is -2.37. The fraction of sp³-hybridized carbons (Fsp3) is 1.00. The van der Waals surface area contributed by atoms with Gasteiger partial charge in [0.05, 0.1) is 0 Å². The van der Waals surface area contributed by atoms with Gasteiger partial charge in [0.15, 0.2) is 0 Å². The topological polar surface area (TPSA) is 24.5 Å². The average Bonchev–Trinajstić information content (AvgIpc) is 2.28. The lowest BCUT2D eigenvalue weighted by molar-refractivity contribution is 0.0862. The number of methoxy groups -OCH3 is 1. The van der Waals surface area contributed by atoms with Crippen LogP contribution in [0.15, 0.2) is 0 Å². The van der Waals surface area contributed by atoms with Gasteiger partial charge in [-0.05, 0) is 45.3 Å². The summed E-state index contributed by atoms with van der Waals surface area (Å²) in [6.07, 6.45) is 5.44. The molecule has 0 radical (unpaired) electrons. The van der Waals surface area contributed by atoms with E-state index in [1.807, 2.05) is 7.05 Å².